The maximum absolute atomic E-state index is 2.51. The third-order valence-electron chi connectivity index (χ3n) is 3.34. The summed E-state index contributed by atoms with van der Waals surface area (Å²) in [6.07, 6.45) is 8.47. The second-order valence-corrected chi connectivity index (χ2v) is 7.74. The Bertz CT molecular complexity index is 108. The lowest BCUT2D eigenvalue weighted by molar-refractivity contribution is 0.679. The van der Waals surface area contributed by atoms with E-state index in [-0.39, 0.29) is 7.92 Å². The highest BCUT2D eigenvalue weighted by atomic mass is 31.1. The summed E-state index contributed by atoms with van der Waals surface area (Å²) < 4.78 is 0. The summed E-state index contributed by atoms with van der Waals surface area (Å²) in [5, 5.41) is 0. The Balaban J connectivity index is 3.72. The van der Waals surface area contributed by atoms with Crippen molar-refractivity contribution >= 4 is 7.92 Å². The molecule has 2 atom stereocenters. The molecule has 0 radical (unpaired) electrons. The van der Waals surface area contributed by atoms with E-state index < -0.39 is 0 Å². The van der Waals surface area contributed by atoms with Gasteiger partial charge in [0.25, 0.3) is 0 Å². The molecule has 0 rings (SSSR count). The first kappa shape index (κ1) is 14.4. The largest absolute Gasteiger partial charge is 0.104 e. The van der Waals surface area contributed by atoms with Gasteiger partial charge in [0.1, 0.15) is 0 Å². The van der Waals surface area contributed by atoms with Gasteiger partial charge in [0.05, 0.1) is 0 Å². The molecule has 1 heteroatoms. The Morgan fingerprint density at radius 3 is 1.50 bits per heavy atom. The van der Waals surface area contributed by atoms with Gasteiger partial charge in [-0.1, -0.05) is 53.4 Å². The van der Waals surface area contributed by atoms with Crippen LogP contribution in [0.5, 0.6) is 0 Å². The summed E-state index contributed by atoms with van der Waals surface area (Å²) in [5.74, 6) is 0. The van der Waals surface area contributed by atoms with Gasteiger partial charge in [0.15, 0.2) is 0 Å². The minimum absolute atomic E-state index is 0.274. The van der Waals surface area contributed by atoms with E-state index in [1.54, 1.807) is 0 Å². The molecule has 0 fully saturated rings. The number of hydrogen-bond acceptors (Lipinski definition) is 0. The average molecular weight is 216 g/mol. The van der Waals surface area contributed by atoms with Crippen molar-refractivity contribution in [3.05, 3.63) is 0 Å². The molecule has 0 bridgehead atoms. The van der Waals surface area contributed by atoms with Gasteiger partial charge in [0.2, 0.25) is 0 Å². The zero-order valence-electron chi connectivity index (χ0n) is 10.8. The number of unbranched alkanes of at least 4 members (excludes halogenated alkanes) is 2. The highest BCUT2D eigenvalue weighted by Crippen LogP contribution is 2.46. The van der Waals surface area contributed by atoms with Crippen molar-refractivity contribution in [1.29, 1.82) is 0 Å². The number of hydrogen-bond donors (Lipinski definition) is 0. The zero-order chi connectivity index (χ0) is 11.0. The summed E-state index contributed by atoms with van der Waals surface area (Å²) >= 11 is 0. The van der Waals surface area contributed by atoms with E-state index in [2.05, 4.69) is 34.4 Å². The molecule has 0 nitrogen and oxygen atoms in total. The Labute approximate surface area is 92.6 Å². The molecule has 0 amide bonds. The maximum atomic E-state index is 2.51. The van der Waals surface area contributed by atoms with Gasteiger partial charge in [-0.3, -0.25) is 0 Å². The van der Waals surface area contributed by atoms with Gasteiger partial charge in [-0.2, -0.15) is 0 Å². The highest BCUT2D eigenvalue weighted by Gasteiger charge is 2.17. The smallest absolute Gasteiger partial charge is 0.0238 e. The fraction of sp³-hybridized carbons (Fsp3) is 1.00. The van der Waals surface area contributed by atoms with E-state index in [0.717, 1.165) is 11.3 Å². The summed E-state index contributed by atoms with van der Waals surface area (Å²) in [4.78, 5) is 0. The molecule has 0 spiro atoms. The van der Waals surface area contributed by atoms with Gasteiger partial charge in [-0.15, -0.1) is 7.92 Å². The Kier molecular flexibility index (Phi) is 8.98. The van der Waals surface area contributed by atoms with Crippen molar-refractivity contribution in [1.82, 2.24) is 0 Å². The Hall–Kier alpha value is 0.430. The van der Waals surface area contributed by atoms with Crippen molar-refractivity contribution < 1.29 is 0 Å². The summed E-state index contributed by atoms with van der Waals surface area (Å²) in [6, 6.07) is 0. The molecule has 0 saturated carbocycles. The van der Waals surface area contributed by atoms with Crippen LogP contribution in [0.1, 0.15) is 66.2 Å². The fourth-order valence-corrected chi connectivity index (χ4v) is 3.89. The van der Waals surface area contributed by atoms with Crippen LogP contribution < -0.4 is 0 Å². The predicted molar refractivity (Wildman–Crippen MR) is 70.8 cm³/mol. The van der Waals surface area contributed by atoms with Crippen LogP contribution in [0.3, 0.4) is 0 Å². The summed E-state index contributed by atoms with van der Waals surface area (Å²) in [5.41, 5.74) is 1.97. The van der Waals surface area contributed by atoms with Crippen LogP contribution in [0, 0.1) is 0 Å². The lowest BCUT2D eigenvalue weighted by atomic mass is 10.2. The average Bonchev–Trinajstić information content (AvgIpc) is 2.21. The Morgan fingerprint density at radius 1 is 0.857 bits per heavy atom. The van der Waals surface area contributed by atoms with Crippen LogP contribution in [-0.4, -0.2) is 18.0 Å². The van der Waals surface area contributed by atoms with E-state index in [0.29, 0.717) is 0 Å². The van der Waals surface area contributed by atoms with Crippen molar-refractivity contribution in [2.75, 3.05) is 6.66 Å². The molecule has 86 valence electrons. The third-order valence-corrected chi connectivity index (χ3v) is 6.64. The van der Waals surface area contributed by atoms with E-state index in [4.69, 9.17) is 0 Å². The molecule has 2 unspecified atom stereocenters. The number of rotatable bonds is 8. The summed E-state index contributed by atoms with van der Waals surface area (Å²) in [7, 11) is 0.274. The maximum Gasteiger partial charge on any atom is -0.0238 e. The predicted octanol–water partition coefficient (Wildman–Crippen LogP) is 5.26. The normalized spacial score (nSPS) is 17.8. The first-order valence-electron chi connectivity index (χ1n) is 6.35. The minimum Gasteiger partial charge on any atom is -0.104 e. The standard InChI is InChI=1S/C13H29P/c1-6-8-10-12(3)14(5)13(4)11-9-7-2/h12-13H,6-11H2,1-5H3. The van der Waals surface area contributed by atoms with Crippen LogP contribution >= 0.6 is 7.92 Å². The van der Waals surface area contributed by atoms with Crippen LogP contribution in [0.2, 0.25) is 0 Å². The molecule has 0 aliphatic carbocycles. The Morgan fingerprint density at radius 2 is 1.21 bits per heavy atom. The van der Waals surface area contributed by atoms with E-state index in [9.17, 15) is 0 Å². The van der Waals surface area contributed by atoms with Crippen molar-refractivity contribution in [3.63, 3.8) is 0 Å². The molecule has 14 heavy (non-hydrogen) atoms. The van der Waals surface area contributed by atoms with E-state index in [1.165, 1.54) is 38.5 Å². The van der Waals surface area contributed by atoms with Gasteiger partial charge >= 0.3 is 0 Å². The fourth-order valence-electron chi connectivity index (χ4n) is 1.84. The van der Waals surface area contributed by atoms with Crippen LogP contribution in [0.15, 0.2) is 0 Å². The molecule has 0 aromatic rings. The zero-order valence-corrected chi connectivity index (χ0v) is 11.7. The lowest BCUT2D eigenvalue weighted by Gasteiger charge is -2.26. The van der Waals surface area contributed by atoms with Crippen molar-refractivity contribution in [3.8, 4) is 0 Å². The summed E-state index contributed by atoms with van der Waals surface area (Å²) in [6.45, 7) is 12.0. The van der Waals surface area contributed by atoms with Gasteiger partial charge in [-0.05, 0) is 30.8 Å². The first-order valence-corrected chi connectivity index (χ1v) is 8.28. The lowest BCUT2D eigenvalue weighted by Crippen LogP contribution is -2.09. The molecule has 0 aliphatic heterocycles. The molecule has 0 aliphatic rings. The second kappa shape index (κ2) is 8.72. The molecule has 0 heterocycles. The van der Waals surface area contributed by atoms with Crippen LogP contribution in [0.25, 0.3) is 0 Å². The van der Waals surface area contributed by atoms with Crippen LogP contribution in [-0.2, 0) is 0 Å². The van der Waals surface area contributed by atoms with E-state index >= 15 is 0 Å². The van der Waals surface area contributed by atoms with Crippen LogP contribution in [0.4, 0.5) is 0 Å². The SMILES string of the molecule is CCCCC(C)P(C)C(C)CCCC. The molecular weight excluding hydrogens is 187 g/mol. The van der Waals surface area contributed by atoms with Gasteiger partial charge < -0.3 is 0 Å². The van der Waals surface area contributed by atoms with E-state index in [1.807, 2.05) is 0 Å². The topological polar surface area (TPSA) is 0 Å². The monoisotopic (exact) mass is 216 g/mol. The van der Waals surface area contributed by atoms with Gasteiger partial charge in [-0.25, -0.2) is 0 Å². The molecule has 0 aromatic carbocycles. The third kappa shape index (κ3) is 6.02. The quantitative estimate of drug-likeness (QED) is 0.486. The molecular formula is C13H29P. The van der Waals surface area contributed by atoms with Crippen molar-refractivity contribution in [2.45, 2.75) is 77.5 Å². The molecule has 0 aromatic heterocycles. The molecule has 0 N–H and O–H groups in total. The van der Waals surface area contributed by atoms with Gasteiger partial charge in [0, 0.05) is 0 Å². The minimum atomic E-state index is 0.274. The first-order chi connectivity index (χ1) is 6.63. The second-order valence-electron chi connectivity index (χ2n) is 4.65. The highest BCUT2D eigenvalue weighted by molar-refractivity contribution is 7.58. The van der Waals surface area contributed by atoms with Crippen molar-refractivity contribution in [2.24, 2.45) is 0 Å². The molecule has 0 saturated heterocycles.